The van der Waals surface area contributed by atoms with Gasteiger partial charge in [-0.15, -0.1) is 0 Å². The van der Waals surface area contributed by atoms with Gasteiger partial charge in [0.1, 0.15) is 6.33 Å². The summed E-state index contributed by atoms with van der Waals surface area (Å²) in [6.45, 7) is 1.87. The Kier molecular flexibility index (Phi) is 4.36. The van der Waals surface area contributed by atoms with Gasteiger partial charge >= 0.3 is 0 Å². The monoisotopic (exact) mass is 393 g/mol. The smallest absolute Gasteiger partial charge is 0.282 e. The van der Waals surface area contributed by atoms with Crippen molar-refractivity contribution in [3.05, 3.63) is 83.3 Å². The van der Waals surface area contributed by atoms with Crippen LogP contribution in [0.4, 0.5) is 5.95 Å². The number of aryl methyl sites for hydroxylation is 1. The van der Waals surface area contributed by atoms with Crippen molar-refractivity contribution in [1.82, 2.24) is 15.2 Å². The molecular formula is C19H15N5O3S. The number of rotatable bonds is 4. The summed E-state index contributed by atoms with van der Waals surface area (Å²) in [5.74, 6) is -0.0293. The number of allylic oxidation sites excluding steroid dienone is 2. The van der Waals surface area contributed by atoms with Crippen molar-refractivity contribution in [2.75, 3.05) is 5.32 Å². The number of Topliss-reactive ketones (excluding diaryl/α,β-unsaturated/α-hetero) is 1. The number of aromatic amines is 1. The van der Waals surface area contributed by atoms with E-state index in [9.17, 15) is 13.2 Å². The minimum Gasteiger partial charge on any atom is -0.321 e. The normalized spacial score (nSPS) is 15.2. The lowest BCUT2D eigenvalue weighted by Crippen LogP contribution is -2.23. The number of fused-ring (bicyclic) bond motifs is 1. The van der Waals surface area contributed by atoms with Crippen LogP contribution in [0.3, 0.4) is 0 Å². The molecule has 0 fully saturated rings. The van der Waals surface area contributed by atoms with E-state index in [0.717, 1.165) is 5.56 Å². The summed E-state index contributed by atoms with van der Waals surface area (Å²) in [6, 6.07) is 13.1. The summed E-state index contributed by atoms with van der Waals surface area (Å²) in [5, 5.41) is 9.14. The molecule has 0 saturated carbocycles. The van der Waals surface area contributed by atoms with Gasteiger partial charge < -0.3 is 5.32 Å². The molecular weight excluding hydrogens is 378 g/mol. The molecule has 0 atom stereocenters. The number of carbonyl (C=O) groups is 1. The Hall–Kier alpha value is -3.59. The molecule has 1 aliphatic carbocycles. The van der Waals surface area contributed by atoms with Gasteiger partial charge in [0.2, 0.25) is 11.7 Å². The third-order valence-electron chi connectivity index (χ3n) is 4.18. The lowest BCUT2D eigenvalue weighted by atomic mass is 9.92. The van der Waals surface area contributed by atoms with Gasteiger partial charge in [-0.25, -0.2) is 5.10 Å². The molecule has 0 saturated heterocycles. The fourth-order valence-electron chi connectivity index (χ4n) is 2.78. The number of sulfonamides is 1. The molecule has 1 aliphatic rings. The van der Waals surface area contributed by atoms with E-state index in [0.29, 0.717) is 11.1 Å². The van der Waals surface area contributed by atoms with Crippen molar-refractivity contribution >= 4 is 27.5 Å². The SMILES string of the molecule is Cc1ccc(S(=O)(=O)N=C2C=C(Nc3ncn[nH]3)C(=O)c3ccccc32)cc1. The van der Waals surface area contributed by atoms with Gasteiger partial charge in [-0.1, -0.05) is 42.0 Å². The highest BCUT2D eigenvalue weighted by molar-refractivity contribution is 7.90. The number of H-pyrrole nitrogens is 1. The first-order valence-electron chi connectivity index (χ1n) is 8.34. The summed E-state index contributed by atoms with van der Waals surface area (Å²) < 4.78 is 29.5. The average molecular weight is 393 g/mol. The number of nitrogens with zero attached hydrogens (tertiary/aromatic N) is 3. The Morgan fingerprint density at radius 1 is 1.04 bits per heavy atom. The third-order valence-corrected chi connectivity index (χ3v) is 5.48. The van der Waals surface area contributed by atoms with Crippen LogP contribution in [0, 0.1) is 6.92 Å². The number of carbonyl (C=O) groups excluding carboxylic acids is 1. The minimum absolute atomic E-state index is 0.0816. The van der Waals surface area contributed by atoms with Crippen molar-refractivity contribution in [2.24, 2.45) is 4.40 Å². The lowest BCUT2D eigenvalue weighted by molar-refractivity contribution is 0.103. The minimum atomic E-state index is -3.95. The topological polar surface area (TPSA) is 117 Å². The van der Waals surface area contributed by atoms with E-state index >= 15 is 0 Å². The van der Waals surface area contributed by atoms with Gasteiger partial charge in [0.15, 0.2) is 0 Å². The zero-order valence-corrected chi connectivity index (χ0v) is 15.6. The van der Waals surface area contributed by atoms with Crippen molar-refractivity contribution in [3.63, 3.8) is 0 Å². The van der Waals surface area contributed by atoms with Crippen molar-refractivity contribution < 1.29 is 13.2 Å². The van der Waals surface area contributed by atoms with Crippen molar-refractivity contribution in [3.8, 4) is 0 Å². The molecule has 1 heterocycles. The van der Waals surface area contributed by atoms with E-state index in [1.54, 1.807) is 36.4 Å². The molecule has 28 heavy (non-hydrogen) atoms. The van der Waals surface area contributed by atoms with Gasteiger partial charge in [0.25, 0.3) is 10.0 Å². The largest absolute Gasteiger partial charge is 0.321 e. The molecule has 8 nitrogen and oxygen atoms in total. The molecule has 0 radical (unpaired) electrons. The van der Waals surface area contributed by atoms with Gasteiger partial charge in [0.05, 0.1) is 16.3 Å². The Balaban J connectivity index is 1.82. The van der Waals surface area contributed by atoms with E-state index in [2.05, 4.69) is 24.9 Å². The van der Waals surface area contributed by atoms with Crippen molar-refractivity contribution in [2.45, 2.75) is 11.8 Å². The average Bonchev–Trinajstić information content (AvgIpc) is 3.19. The summed E-state index contributed by atoms with van der Waals surface area (Å²) in [5.41, 5.74) is 2.06. The maximum atomic E-state index is 12.8. The van der Waals surface area contributed by atoms with Crippen molar-refractivity contribution in [1.29, 1.82) is 0 Å². The molecule has 2 aromatic carbocycles. The molecule has 0 aliphatic heterocycles. The van der Waals surface area contributed by atoms with Crippen LogP contribution < -0.4 is 5.32 Å². The first-order chi connectivity index (χ1) is 13.4. The molecule has 3 aromatic rings. The number of benzene rings is 2. The summed E-state index contributed by atoms with van der Waals surface area (Å²) >= 11 is 0. The highest BCUT2D eigenvalue weighted by Gasteiger charge is 2.26. The molecule has 9 heteroatoms. The second-order valence-corrected chi connectivity index (χ2v) is 7.76. The third kappa shape index (κ3) is 3.35. The highest BCUT2D eigenvalue weighted by Crippen LogP contribution is 2.24. The number of hydrogen-bond donors (Lipinski definition) is 2. The van der Waals surface area contributed by atoms with E-state index in [4.69, 9.17) is 0 Å². The number of nitrogens with one attached hydrogen (secondary N) is 2. The molecule has 0 spiro atoms. The molecule has 140 valence electrons. The van der Waals surface area contributed by atoms with Crippen LogP contribution in [0.1, 0.15) is 21.5 Å². The van der Waals surface area contributed by atoms with Gasteiger partial charge in [-0.3, -0.25) is 4.79 Å². The van der Waals surface area contributed by atoms with E-state index < -0.39 is 10.0 Å². The van der Waals surface area contributed by atoms with Gasteiger partial charge in [-0.2, -0.15) is 22.9 Å². The van der Waals surface area contributed by atoms with E-state index in [1.807, 2.05) is 6.92 Å². The first-order valence-corrected chi connectivity index (χ1v) is 9.78. The Bertz CT molecular complexity index is 1210. The second-order valence-electron chi connectivity index (χ2n) is 6.16. The number of ketones is 1. The standard InChI is InChI=1S/C19H15N5O3S/c1-12-6-8-13(9-7-12)28(26,27)24-16-10-17(22-19-20-11-21-23-19)18(25)15-5-3-2-4-14(15)16/h2-11H,1H3,(H2,20,21,22,23). The highest BCUT2D eigenvalue weighted by atomic mass is 32.2. The van der Waals surface area contributed by atoms with Crippen LogP contribution in [0.15, 0.2) is 75.9 Å². The fourth-order valence-corrected chi connectivity index (χ4v) is 3.78. The Morgan fingerprint density at radius 2 is 1.75 bits per heavy atom. The summed E-state index contributed by atoms with van der Waals surface area (Å²) in [7, 11) is -3.95. The maximum absolute atomic E-state index is 12.8. The molecule has 2 N–H and O–H groups in total. The molecule has 4 rings (SSSR count). The van der Waals surface area contributed by atoms with Crippen LogP contribution in [0.5, 0.6) is 0 Å². The predicted octanol–water partition coefficient (Wildman–Crippen LogP) is 2.48. The van der Waals surface area contributed by atoms with Gasteiger partial charge in [-0.05, 0) is 25.1 Å². The van der Waals surface area contributed by atoms with Crippen LogP contribution in [-0.4, -0.2) is 35.1 Å². The second kappa shape index (κ2) is 6.86. The number of hydrogen-bond acceptors (Lipinski definition) is 6. The lowest BCUT2D eigenvalue weighted by Gasteiger charge is -2.17. The van der Waals surface area contributed by atoms with Crippen LogP contribution in [0.25, 0.3) is 0 Å². The van der Waals surface area contributed by atoms with Crippen LogP contribution in [0.2, 0.25) is 0 Å². The van der Waals surface area contributed by atoms with Gasteiger partial charge in [0, 0.05) is 11.1 Å². The number of anilines is 1. The summed E-state index contributed by atoms with van der Waals surface area (Å²) in [4.78, 5) is 16.8. The van der Waals surface area contributed by atoms with Crippen LogP contribution >= 0.6 is 0 Å². The molecule has 0 bridgehead atoms. The number of aromatic nitrogens is 3. The quantitative estimate of drug-likeness (QED) is 0.703. The maximum Gasteiger partial charge on any atom is 0.282 e. The Morgan fingerprint density at radius 3 is 2.43 bits per heavy atom. The van der Waals surface area contributed by atoms with Crippen LogP contribution in [-0.2, 0) is 10.0 Å². The zero-order chi connectivity index (χ0) is 19.7. The summed E-state index contributed by atoms with van der Waals surface area (Å²) in [6.07, 6.45) is 2.69. The molecule has 0 amide bonds. The first kappa shape index (κ1) is 17.8. The molecule has 1 aromatic heterocycles. The zero-order valence-electron chi connectivity index (χ0n) is 14.7. The predicted molar refractivity (Wildman–Crippen MR) is 104 cm³/mol. The molecule has 0 unspecified atom stereocenters. The van der Waals surface area contributed by atoms with E-state index in [-0.39, 0.29) is 28.0 Å². The van der Waals surface area contributed by atoms with E-state index in [1.165, 1.54) is 24.5 Å². The fraction of sp³-hybridized carbons (Fsp3) is 0.0526. The Labute approximate surface area is 161 Å².